The Morgan fingerprint density at radius 1 is 1.09 bits per heavy atom. The molecule has 3 heterocycles. The van der Waals surface area contributed by atoms with Gasteiger partial charge in [0, 0.05) is 42.0 Å². The van der Waals surface area contributed by atoms with Crippen molar-refractivity contribution >= 4 is 17.0 Å². The number of imidazole rings is 1. The van der Waals surface area contributed by atoms with Crippen LogP contribution >= 0.6 is 0 Å². The maximum atomic E-state index is 13.6. The highest BCUT2D eigenvalue weighted by Gasteiger charge is 2.24. The van der Waals surface area contributed by atoms with Crippen molar-refractivity contribution < 1.29 is 18.3 Å². The number of aromatic amines is 2. The summed E-state index contributed by atoms with van der Waals surface area (Å²) < 4.78 is 32.6. The van der Waals surface area contributed by atoms with Crippen molar-refractivity contribution in [1.29, 1.82) is 0 Å². The molecule has 166 valence electrons. The largest absolute Gasteiger partial charge is 0.444 e. The van der Waals surface area contributed by atoms with Crippen molar-refractivity contribution in [3.05, 3.63) is 71.9 Å². The van der Waals surface area contributed by atoms with Gasteiger partial charge in [-0.3, -0.25) is 4.98 Å². The average molecular weight is 439 g/mol. The molecule has 1 atom stereocenters. The summed E-state index contributed by atoms with van der Waals surface area (Å²) >= 11 is 0. The Morgan fingerprint density at radius 2 is 1.88 bits per heavy atom. The second-order valence-corrected chi connectivity index (χ2v) is 8.44. The minimum absolute atomic E-state index is 0.340. The van der Waals surface area contributed by atoms with Crippen molar-refractivity contribution in [3.63, 3.8) is 0 Å². The maximum absolute atomic E-state index is 13.6. The Morgan fingerprint density at radius 3 is 2.62 bits per heavy atom. The van der Waals surface area contributed by atoms with Gasteiger partial charge in [0.15, 0.2) is 0 Å². The van der Waals surface area contributed by atoms with Crippen LogP contribution in [0.2, 0.25) is 0 Å². The molecule has 1 aromatic carbocycles. The van der Waals surface area contributed by atoms with Crippen LogP contribution in [0, 0.1) is 11.6 Å². The number of nitrogens with one attached hydrogen (secondary N) is 3. The summed E-state index contributed by atoms with van der Waals surface area (Å²) in [6.07, 6.45) is 4.49. The Balaban J connectivity index is 1.65. The summed E-state index contributed by atoms with van der Waals surface area (Å²) in [5.74, 6) is -0.310. The number of H-pyrrole nitrogens is 2. The van der Waals surface area contributed by atoms with Gasteiger partial charge in [0.25, 0.3) is 0 Å². The third-order valence-corrected chi connectivity index (χ3v) is 4.76. The molecule has 32 heavy (non-hydrogen) atoms. The quantitative estimate of drug-likeness (QED) is 0.406. The summed E-state index contributed by atoms with van der Waals surface area (Å²) in [5.41, 5.74) is 1.65. The normalized spacial score (nSPS) is 12.7. The summed E-state index contributed by atoms with van der Waals surface area (Å²) in [7, 11) is 0. The van der Waals surface area contributed by atoms with E-state index in [-0.39, 0.29) is 5.82 Å². The molecule has 0 radical (unpaired) electrons. The molecule has 1 amide bonds. The Labute approximate surface area is 183 Å². The number of aromatic nitrogens is 4. The highest BCUT2D eigenvalue weighted by molar-refractivity contribution is 5.83. The topological polar surface area (TPSA) is 95.7 Å². The molecular weight excluding hydrogens is 416 g/mol. The molecule has 4 aromatic rings. The van der Waals surface area contributed by atoms with E-state index in [9.17, 15) is 13.6 Å². The number of alkyl carbamates (subject to hydrolysis) is 1. The zero-order valence-electron chi connectivity index (χ0n) is 17.9. The van der Waals surface area contributed by atoms with Gasteiger partial charge in [0.05, 0.1) is 11.7 Å². The van der Waals surface area contributed by atoms with Crippen molar-refractivity contribution in [3.8, 4) is 11.4 Å². The molecule has 0 spiro atoms. The highest BCUT2D eigenvalue weighted by atomic mass is 19.1. The molecule has 3 aromatic heterocycles. The first-order valence-electron chi connectivity index (χ1n) is 10.1. The number of pyridine rings is 1. The van der Waals surface area contributed by atoms with Crippen LogP contribution in [0.3, 0.4) is 0 Å². The van der Waals surface area contributed by atoms with Crippen LogP contribution in [-0.4, -0.2) is 31.6 Å². The van der Waals surface area contributed by atoms with Gasteiger partial charge in [-0.05, 0) is 50.6 Å². The van der Waals surface area contributed by atoms with Gasteiger partial charge in [-0.25, -0.2) is 18.6 Å². The summed E-state index contributed by atoms with van der Waals surface area (Å²) in [6, 6.07) is 6.43. The standard InChI is InChI=1S/C23H23F2N5O2/c1-23(2,3)32-22(31)30-19(8-13-11-27-17-9-14(24)4-5-16(13)17)21-28-12-20(29-21)18-10-15(25)6-7-26-18/h4-7,9-12,19,27H,8H2,1-3H3,(H,28,29)(H,30,31). The molecule has 9 heteroatoms. The van der Waals surface area contributed by atoms with Crippen LogP contribution in [0.1, 0.15) is 38.2 Å². The van der Waals surface area contributed by atoms with E-state index in [0.717, 1.165) is 10.9 Å². The number of hydrogen-bond donors (Lipinski definition) is 3. The molecule has 7 nitrogen and oxygen atoms in total. The predicted molar refractivity (Wildman–Crippen MR) is 116 cm³/mol. The third kappa shape index (κ3) is 4.93. The SMILES string of the molecule is CC(C)(C)OC(=O)NC(Cc1c[nH]c2cc(F)ccc12)c1nc(-c2cc(F)ccn2)c[nH]1. The summed E-state index contributed by atoms with van der Waals surface area (Å²) in [5, 5.41) is 3.68. The fourth-order valence-electron chi connectivity index (χ4n) is 3.40. The molecule has 0 saturated carbocycles. The van der Waals surface area contributed by atoms with Crippen molar-refractivity contribution in [2.75, 3.05) is 0 Å². The van der Waals surface area contributed by atoms with E-state index in [1.165, 1.54) is 30.5 Å². The average Bonchev–Trinajstić information content (AvgIpc) is 3.33. The first-order chi connectivity index (χ1) is 15.2. The minimum atomic E-state index is -0.674. The fourth-order valence-corrected chi connectivity index (χ4v) is 3.40. The van der Waals surface area contributed by atoms with E-state index in [1.807, 2.05) is 0 Å². The lowest BCUT2D eigenvalue weighted by Gasteiger charge is -2.23. The van der Waals surface area contributed by atoms with Gasteiger partial charge in [-0.2, -0.15) is 0 Å². The van der Waals surface area contributed by atoms with Gasteiger partial charge >= 0.3 is 6.09 Å². The van der Waals surface area contributed by atoms with Gasteiger partial charge in [0.1, 0.15) is 28.8 Å². The molecule has 1 unspecified atom stereocenters. The second kappa shape index (κ2) is 8.41. The van der Waals surface area contributed by atoms with E-state index >= 15 is 0 Å². The highest BCUT2D eigenvalue weighted by Crippen LogP contribution is 2.26. The van der Waals surface area contributed by atoms with Gasteiger partial charge in [-0.1, -0.05) is 0 Å². The number of rotatable bonds is 5. The maximum Gasteiger partial charge on any atom is 0.408 e. The van der Waals surface area contributed by atoms with Crippen LogP contribution in [0.15, 0.2) is 48.9 Å². The Hall–Kier alpha value is -3.75. The monoisotopic (exact) mass is 439 g/mol. The zero-order chi connectivity index (χ0) is 22.9. The first-order valence-corrected chi connectivity index (χ1v) is 10.1. The van der Waals surface area contributed by atoms with E-state index in [2.05, 4.69) is 25.3 Å². The molecule has 0 aliphatic heterocycles. The van der Waals surface area contributed by atoms with E-state index in [4.69, 9.17) is 4.74 Å². The number of carbonyl (C=O) groups is 1. The Kier molecular flexibility index (Phi) is 5.65. The van der Waals surface area contributed by atoms with Crippen molar-refractivity contribution in [2.24, 2.45) is 0 Å². The fraction of sp³-hybridized carbons (Fsp3) is 0.261. The van der Waals surface area contributed by atoms with E-state index in [0.29, 0.717) is 29.1 Å². The number of fused-ring (bicyclic) bond motifs is 1. The minimum Gasteiger partial charge on any atom is -0.444 e. The number of benzene rings is 1. The third-order valence-electron chi connectivity index (χ3n) is 4.76. The Bertz CT molecular complexity index is 1260. The lowest BCUT2D eigenvalue weighted by molar-refractivity contribution is 0.0501. The number of nitrogens with zero attached hydrogens (tertiary/aromatic N) is 2. The predicted octanol–water partition coefficient (Wildman–Crippen LogP) is 5.04. The lowest BCUT2D eigenvalue weighted by Crippen LogP contribution is -2.36. The van der Waals surface area contributed by atoms with Crippen LogP contribution in [0.5, 0.6) is 0 Å². The van der Waals surface area contributed by atoms with Crippen LogP contribution in [0.25, 0.3) is 22.3 Å². The molecule has 3 N–H and O–H groups in total. The van der Waals surface area contributed by atoms with E-state index < -0.39 is 23.6 Å². The molecule has 0 aliphatic rings. The molecule has 0 bridgehead atoms. The van der Waals surface area contributed by atoms with Gasteiger partial charge in [-0.15, -0.1) is 0 Å². The smallest absolute Gasteiger partial charge is 0.408 e. The summed E-state index contributed by atoms with van der Waals surface area (Å²) in [4.78, 5) is 27.3. The van der Waals surface area contributed by atoms with Crippen LogP contribution in [0.4, 0.5) is 13.6 Å². The molecular formula is C23H23F2N5O2. The molecule has 0 aliphatic carbocycles. The second-order valence-electron chi connectivity index (χ2n) is 8.44. The molecule has 0 saturated heterocycles. The first kappa shape index (κ1) is 21.5. The number of ether oxygens (including phenoxy) is 1. The van der Waals surface area contributed by atoms with Crippen molar-refractivity contribution in [2.45, 2.75) is 38.8 Å². The van der Waals surface area contributed by atoms with Crippen molar-refractivity contribution in [1.82, 2.24) is 25.3 Å². The molecule has 4 rings (SSSR count). The zero-order valence-corrected chi connectivity index (χ0v) is 17.9. The lowest BCUT2D eigenvalue weighted by atomic mass is 10.0. The van der Waals surface area contributed by atoms with Gasteiger partial charge in [0.2, 0.25) is 0 Å². The number of halogens is 2. The number of carbonyl (C=O) groups excluding carboxylic acids is 1. The molecule has 0 fully saturated rings. The number of amides is 1. The van der Waals surface area contributed by atoms with Crippen LogP contribution < -0.4 is 5.32 Å². The number of hydrogen-bond acceptors (Lipinski definition) is 4. The van der Waals surface area contributed by atoms with E-state index in [1.54, 1.807) is 39.2 Å². The summed E-state index contributed by atoms with van der Waals surface area (Å²) in [6.45, 7) is 5.32. The van der Waals surface area contributed by atoms with Crippen LogP contribution in [-0.2, 0) is 11.2 Å². The van der Waals surface area contributed by atoms with Gasteiger partial charge < -0.3 is 20.0 Å².